The third-order valence-electron chi connectivity index (χ3n) is 3.13. The Morgan fingerprint density at radius 1 is 1.06 bits per heavy atom. The van der Waals surface area contributed by atoms with Crippen molar-refractivity contribution in [1.82, 2.24) is 0 Å². The zero-order valence-electron chi connectivity index (χ0n) is 10.4. The van der Waals surface area contributed by atoms with E-state index in [1.807, 2.05) is 31.2 Å². The quantitative estimate of drug-likeness (QED) is 0.863. The molecule has 0 aliphatic heterocycles. The average molecular weight is 247 g/mol. The molecule has 0 amide bonds. The maximum Gasteiger partial charge on any atom is 0.164 e. The second kappa shape index (κ2) is 4.50. The summed E-state index contributed by atoms with van der Waals surface area (Å²) in [7, 11) is 0. The summed E-state index contributed by atoms with van der Waals surface area (Å²) in [5.41, 5.74) is 7.08. The van der Waals surface area contributed by atoms with Crippen molar-refractivity contribution in [2.75, 3.05) is 0 Å². The number of halogens is 2. The van der Waals surface area contributed by atoms with Gasteiger partial charge in [0.2, 0.25) is 0 Å². The van der Waals surface area contributed by atoms with E-state index in [4.69, 9.17) is 5.73 Å². The molecule has 0 aliphatic carbocycles. The summed E-state index contributed by atoms with van der Waals surface area (Å²) in [6.45, 7) is 3.61. The topological polar surface area (TPSA) is 26.0 Å². The highest BCUT2D eigenvalue weighted by atomic mass is 19.2. The van der Waals surface area contributed by atoms with Crippen LogP contribution in [-0.2, 0) is 5.54 Å². The molecule has 2 aromatic carbocycles. The number of nitrogens with two attached hydrogens (primary N) is 1. The van der Waals surface area contributed by atoms with Crippen LogP contribution >= 0.6 is 0 Å². The first-order valence-corrected chi connectivity index (χ1v) is 5.73. The van der Waals surface area contributed by atoms with Crippen molar-refractivity contribution in [3.8, 4) is 0 Å². The lowest BCUT2D eigenvalue weighted by atomic mass is 9.84. The maximum absolute atomic E-state index is 13.8. The van der Waals surface area contributed by atoms with E-state index in [2.05, 4.69) is 0 Å². The minimum atomic E-state index is -1.06. The molecule has 0 aromatic heterocycles. The van der Waals surface area contributed by atoms with Gasteiger partial charge >= 0.3 is 0 Å². The van der Waals surface area contributed by atoms with Gasteiger partial charge < -0.3 is 5.73 Å². The Labute approximate surface area is 105 Å². The molecule has 3 heteroatoms. The largest absolute Gasteiger partial charge is 0.318 e. The van der Waals surface area contributed by atoms with Crippen molar-refractivity contribution in [2.45, 2.75) is 19.4 Å². The number of hydrogen-bond acceptors (Lipinski definition) is 1. The Morgan fingerprint density at radius 3 is 2.39 bits per heavy atom. The van der Waals surface area contributed by atoms with Gasteiger partial charge in [-0.3, -0.25) is 0 Å². The van der Waals surface area contributed by atoms with Crippen LogP contribution in [0, 0.1) is 18.6 Å². The van der Waals surface area contributed by atoms with Gasteiger partial charge in [0, 0.05) is 5.56 Å². The Balaban J connectivity index is 2.57. The van der Waals surface area contributed by atoms with Gasteiger partial charge in [0.15, 0.2) is 11.6 Å². The van der Waals surface area contributed by atoms with Gasteiger partial charge in [0.25, 0.3) is 0 Å². The Kier molecular flexibility index (Phi) is 3.18. The predicted molar refractivity (Wildman–Crippen MR) is 68.2 cm³/mol. The summed E-state index contributed by atoms with van der Waals surface area (Å²) < 4.78 is 27.1. The fraction of sp³-hybridized carbons (Fsp3) is 0.200. The third kappa shape index (κ3) is 2.14. The molecule has 0 saturated carbocycles. The molecule has 2 rings (SSSR count). The van der Waals surface area contributed by atoms with Crippen LogP contribution in [0.15, 0.2) is 42.5 Å². The van der Waals surface area contributed by atoms with E-state index >= 15 is 0 Å². The van der Waals surface area contributed by atoms with Crippen LogP contribution in [0.3, 0.4) is 0 Å². The highest BCUT2D eigenvalue weighted by molar-refractivity contribution is 5.39. The fourth-order valence-corrected chi connectivity index (χ4v) is 2.03. The van der Waals surface area contributed by atoms with Crippen molar-refractivity contribution in [1.29, 1.82) is 0 Å². The second-order valence-corrected chi connectivity index (χ2v) is 4.67. The van der Waals surface area contributed by atoms with Crippen LogP contribution in [0.2, 0.25) is 0 Å². The third-order valence-corrected chi connectivity index (χ3v) is 3.13. The second-order valence-electron chi connectivity index (χ2n) is 4.67. The molecule has 0 heterocycles. The van der Waals surface area contributed by atoms with Crippen LogP contribution in [-0.4, -0.2) is 0 Å². The van der Waals surface area contributed by atoms with E-state index in [0.717, 1.165) is 17.2 Å². The van der Waals surface area contributed by atoms with Crippen molar-refractivity contribution < 1.29 is 8.78 Å². The van der Waals surface area contributed by atoms with E-state index in [0.29, 0.717) is 0 Å². The highest BCUT2D eigenvalue weighted by Crippen LogP contribution is 2.29. The van der Waals surface area contributed by atoms with Gasteiger partial charge in [-0.25, -0.2) is 8.78 Å². The van der Waals surface area contributed by atoms with E-state index in [1.165, 1.54) is 12.1 Å². The zero-order chi connectivity index (χ0) is 13.3. The highest BCUT2D eigenvalue weighted by Gasteiger charge is 2.28. The van der Waals surface area contributed by atoms with Crippen molar-refractivity contribution in [3.05, 3.63) is 70.8 Å². The maximum atomic E-state index is 13.8. The summed E-state index contributed by atoms with van der Waals surface area (Å²) >= 11 is 0. The van der Waals surface area contributed by atoms with E-state index in [1.54, 1.807) is 6.92 Å². The number of rotatable bonds is 2. The van der Waals surface area contributed by atoms with E-state index in [-0.39, 0.29) is 5.56 Å². The van der Waals surface area contributed by atoms with E-state index < -0.39 is 17.2 Å². The minimum absolute atomic E-state index is 0.160. The van der Waals surface area contributed by atoms with Gasteiger partial charge in [-0.2, -0.15) is 0 Å². The molecule has 0 bridgehead atoms. The Morgan fingerprint density at radius 2 is 1.72 bits per heavy atom. The number of aryl methyl sites for hydroxylation is 1. The lowest BCUT2D eigenvalue weighted by molar-refractivity contribution is 0.468. The lowest BCUT2D eigenvalue weighted by Gasteiger charge is -2.26. The first kappa shape index (κ1) is 12.7. The summed E-state index contributed by atoms with van der Waals surface area (Å²) in [6.07, 6.45) is 0. The molecular weight excluding hydrogens is 232 g/mol. The normalized spacial score (nSPS) is 14.3. The zero-order valence-corrected chi connectivity index (χ0v) is 10.4. The SMILES string of the molecule is Cc1cccc(C(C)(N)c2cccc(F)c2F)c1. The Bertz CT molecular complexity index is 576. The minimum Gasteiger partial charge on any atom is -0.318 e. The smallest absolute Gasteiger partial charge is 0.164 e. The molecule has 2 N–H and O–H groups in total. The molecule has 94 valence electrons. The first-order chi connectivity index (χ1) is 8.43. The van der Waals surface area contributed by atoms with Gasteiger partial charge in [0.1, 0.15) is 0 Å². The molecule has 1 atom stereocenters. The van der Waals surface area contributed by atoms with Gasteiger partial charge in [-0.05, 0) is 25.5 Å². The van der Waals surface area contributed by atoms with Crippen LogP contribution in [0.5, 0.6) is 0 Å². The van der Waals surface area contributed by atoms with Gasteiger partial charge in [-0.15, -0.1) is 0 Å². The molecule has 1 nitrogen and oxygen atoms in total. The number of benzene rings is 2. The summed E-state index contributed by atoms with van der Waals surface area (Å²) in [5, 5.41) is 0. The predicted octanol–water partition coefficient (Wildman–Crippen LogP) is 3.50. The molecule has 2 aromatic rings. The van der Waals surface area contributed by atoms with E-state index in [9.17, 15) is 8.78 Å². The molecule has 0 saturated heterocycles. The molecule has 1 unspecified atom stereocenters. The molecule has 0 spiro atoms. The average Bonchev–Trinajstić information content (AvgIpc) is 2.32. The number of hydrogen-bond donors (Lipinski definition) is 1. The summed E-state index contributed by atoms with van der Waals surface area (Å²) in [4.78, 5) is 0. The lowest BCUT2D eigenvalue weighted by Crippen LogP contribution is -2.35. The standard InChI is InChI=1S/C15H15F2N/c1-10-5-3-6-11(9-10)15(2,18)12-7-4-8-13(16)14(12)17/h3-9H,18H2,1-2H3. The van der Waals surface area contributed by atoms with Crippen LogP contribution in [0.25, 0.3) is 0 Å². The first-order valence-electron chi connectivity index (χ1n) is 5.73. The van der Waals surface area contributed by atoms with Crippen LogP contribution in [0.4, 0.5) is 8.78 Å². The molecular formula is C15H15F2N. The van der Waals surface area contributed by atoms with Crippen LogP contribution < -0.4 is 5.73 Å². The van der Waals surface area contributed by atoms with Crippen molar-refractivity contribution in [3.63, 3.8) is 0 Å². The van der Waals surface area contributed by atoms with Gasteiger partial charge in [-0.1, -0.05) is 42.0 Å². The fourth-order valence-electron chi connectivity index (χ4n) is 2.03. The Hall–Kier alpha value is -1.74. The molecule has 0 radical (unpaired) electrons. The van der Waals surface area contributed by atoms with Gasteiger partial charge in [0.05, 0.1) is 5.54 Å². The summed E-state index contributed by atoms with van der Waals surface area (Å²) in [5.74, 6) is -1.76. The molecule has 0 aliphatic rings. The van der Waals surface area contributed by atoms with Crippen molar-refractivity contribution in [2.24, 2.45) is 5.73 Å². The monoisotopic (exact) mass is 247 g/mol. The van der Waals surface area contributed by atoms with Crippen LogP contribution in [0.1, 0.15) is 23.6 Å². The molecule has 18 heavy (non-hydrogen) atoms. The molecule has 0 fully saturated rings. The van der Waals surface area contributed by atoms with Crippen molar-refractivity contribution >= 4 is 0 Å². The summed E-state index contributed by atoms with van der Waals surface area (Å²) in [6, 6.07) is 11.6.